The molecule has 0 saturated carbocycles. The number of amides is 2. The van der Waals surface area contributed by atoms with Crippen LogP contribution in [0.4, 0.5) is 9.93 Å². The second kappa shape index (κ2) is 4.72. The van der Waals surface area contributed by atoms with Crippen LogP contribution in [0.2, 0.25) is 0 Å². The second-order valence-electron chi connectivity index (χ2n) is 2.76. The van der Waals surface area contributed by atoms with Crippen LogP contribution in [0.5, 0.6) is 0 Å². The number of hydroxylamine groups is 2. The number of rotatable bonds is 3. The van der Waals surface area contributed by atoms with Crippen molar-refractivity contribution in [3.05, 3.63) is 0 Å². The van der Waals surface area contributed by atoms with Gasteiger partial charge in [0.1, 0.15) is 0 Å². The summed E-state index contributed by atoms with van der Waals surface area (Å²) in [6, 6.07) is -0.571. The first-order valence-electron chi connectivity index (χ1n) is 3.97. The first kappa shape index (κ1) is 12.8. The Bertz CT molecular complexity index is 482. The van der Waals surface area contributed by atoms with E-state index < -0.39 is 15.9 Å². The van der Waals surface area contributed by atoms with Gasteiger partial charge in [-0.3, -0.25) is 10.2 Å². The molecule has 0 bridgehead atoms. The molecular formula is C6H10N4O4S2. The molecule has 1 aromatic heterocycles. The Balaban J connectivity index is 2.77. The number of nitrogens with one attached hydrogen (secondary N) is 1. The summed E-state index contributed by atoms with van der Waals surface area (Å²) in [7, 11) is -0.677. The highest BCUT2D eigenvalue weighted by Gasteiger charge is 2.16. The zero-order valence-corrected chi connectivity index (χ0v) is 10.4. The van der Waals surface area contributed by atoms with Crippen LogP contribution in [-0.2, 0) is 14.7 Å². The molecule has 0 saturated heterocycles. The average Bonchev–Trinajstić information content (AvgIpc) is 2.64. The van der Waals surface area contributed by atoms with Crippen LogP contribution < -0.4 is 5.32 Å². The van der Waals surface area contributed by atoms with E-state index >= 15 is 0 Å². The van der Waals surface area contributed by atoms with E-state index in [4.69, 9.17) is 0 Å². The Hall–Kier alpha value is -1.26. The molecular weight excluding hydrogens is 256 g/mol. The summed E-state index contributed by atoms with van der Waals surface area (Å²) in [5.41, 5.74) is 0. The third-order valence-corrected chi connectivity index (χ3v) is 4.01. The largest absolute Gasteiger partial charge is 0.347 e. The Morgan fingerprint density at radius 1 is 1.50 bits per heavy atom. The molecule has 0 aliphatic rings. The van der Waals surface area contributed by atoms with Gasteiger partial charge in [0.15, 0.2) is 0 Å². The molecule has 0 radical (unpaired) electrons. The fourth-order valence-corrected chi connectivity index (χ4v) is 2.16. The topological polar surface area (TPSA) is 101 Å². The Morgan fingerprint density at radius 2 is 2.12 bits per heavy atom. The van der Waals surface area contributed by atoms with Crippen molar-refractivity contribution in [2.75, 3.05) is 25.7 Å². The van der Waals surface area contributed by atoms with Crippen molar-refractivity contribution in [1.82, 2.24) is 15.3 Å². The summed E-state index contributed by atoms with van der Waals surface area (Å²) in [5, 5.41) is 10.3. The van der Waals surface area contributed by atoms with Crippen LogP contribution >= 0.6 is 11.3 Å². The number of carbonyl (C=O) groups is 1. The normalized spacial score (nSPS) is 11.2. The number of carbonyl (C=O) groups excluding carboxylic acids is 1. The smallest absolute Gasteiger partial charge is 0.280 e. The van der Waals surface area contributed by atoms with Gasteiger partial charge in [0.05, 0.1) is 7.11 Å². The van der Waals surface area contributed by atoms with Gasteiger partial charge in [-0.2, -0.15) is 0 Å². The molecule has 0 spiro atoms. The van der Waals surface area contributed by atoms with Gasteiger partial charge in [-0.1, -0.05) is 11.3 Å². The lowest BCUT2D eigenvalue weighted by atomic mass is 10.9. The summed E-state index contributed by atoms with van der Waals surface area (Å²) in [4.78, 5) is 15.9. The highest BCUT2D eigenvalue weighted by molar-refractivity contribution is 7.92. The predicted octanol–water partition coefficient (Wildman–Crippen LogP) is -0.0333. The molecule has 0 atom stereocenters. The van der Waals surface area contributed by atoms with Crippen LogP contribution in [0.15, 0.2) is 4.34 Å². The van der Waals surface area contributed by atoms with Crippen LogP contribution in [0.25, 0.3) is 0 Å². The van der Waals surface area contributed by atoms with Crippen molar-refractivity contribution < 1.29 is 18.0 Å². The maximum Gasteiger partial charge on any atom is 0.347 e. The summed E-state index contributed by atoms with van der Waals surface area (Å²) >= 11 is 0.772. The summed E-state index contributed by atoms with van der Waals surface area (Å²) in [5.74, 6) is 0. The van der Waals surface area contributed by atoms with E-state index in [1.165, 1.54) is 14.2 Å². The third kappa shape index (κ3) is 3.12. The number of anilines is 1. The molecule has 1 rings (SSSR count). The minimum Gasteiger partial charge on any atom is -0.280 e. The molecule has 90 valence electrons. The van der Waals surface area contributed by atoms with Gasteiger partial charge in [0, 0.05) is 13.3 Å². The maximum absolute atomic E-state index is 11.3. The van der Waals surface area contributed by atoms with Crippen LogP contribution in [-0.4, -0.2) is 50.1 Å². The summed E-state index contributed by atoms with van der Waals surface area (Å²) in [6.07, 6.45) is 1.01. The third-order valence-electron chi connectivity index (χ3n) is 1.50. The van der Waals surface area contributed by atoms with Gasteiger partial charge in [-0.25, -0.2) is 18.3 Å². The van der Waals surface area contributed by atoms with Gasteiger partial charge in [-0.15, -0.1) is 10.2 Å². The van der Waals surface area contributed by atoms with Gasteiger partial charge in [0.2, 0.25) is 19.3 Å². The van der Waals surface area contributed by atoms with Crippen molar-refractivity contribution >= 4 is 32.3 Å². The van der Waals surface area contributed by atoms with E-state index in [9.17, 15) is 13.2 Å². The van der Waals surface area contributed by atoms with Gasteiger partial charge < -0.3 is 0 Å². The molecule has 8 nitrogen and oxygen atoms in total. The average molecular weight is 266 g/mol. The van der Waals surface area contributed by atoms with Crippen molar-refractivity contribution in [1.29, 1.82) is 0 Å². The number of aromatic nitrogens is 2. The minimum absolute atomic E-state index is 0.0920. The maximum atomic E-state index is 11.3. The summed E-state index contributed by atoms with van der Waals surface area (Å²) in [6.45, 7) is 0. The monoisotopic (exact) mass is 266 g/mol. The van der Waals surface area contributed by atoms with E-state index in [2.05, 4.69) is 20.4 Å². The Morgan fingerprint density at radius 3 is 2.56 bits per heavy atom. The number of urea groups is 1. The first-order chi connectivity index (χ1) is 7.34. The molecule has 2 amide bonds. The molecule has 1 aromatic rings. The van der Waals surface area contributed by atoms with Gasteiger partial charge >= 0.3 is 6.03 Å². The molecule has 0 unspecified atom stereocenters. The quantitative estimate of drug-likeness (QED) is 0.608. The van der Waals surface area contributed by atoms with Gasteiger partial charge in [0.25, 0.3) is 0 Å². The van der Waals surface area contributed by atoms with E-state index in [0.29, 0.717) is 0 Å². The van der Waals surface area contributed by atoms with Crippen LogP contribution in [0.1, 0.15) is 0 Å². The molecule has 1 N–H and O–H groups in total. The zero-order valence-electron chi connectivity index (χ0n) is 8.79. The summed E-state index contributed by atoms with van der Waals surface area (Å²) < 4.78 is 22.0. The fourth-order valence-electron chi connectivity index (χ4n) is 0.663. The number of nitrogens with zero attached hydrogens (tertiary/aromatic N) is 3. The Kier molecular flexibility index (Phi) is 3.78. The zero-order chi connectivity index (χ0) is 12.3. The molecule has 0 aromatic carbocycles. The number of sulfone groups is 1. The lowest BCUT2D eigenvalue weighted by Gasteiger charge is -2.12. The highest BCUT2D eigenvalue weighted by Crippen LogP contribution is 2.19. The second-order valence-corrected chi connectivity index (χ2v) is 5.92. The highest BCUT2D eigenvalue weighted by atomic mass is 32.2. The lowest BCUT2D eigenvalue weighted by molar-refractivity contribution is -0.0598. The first-order valence-corrected chi connectivity index (χ1v) is 6.67. The standard InChI is InChI=1S/C6H10N4O4S2/c1-10(14-2)5(11)7-4-8-9-6(15-4)16(3,12)13/h1-3H3,(H,7,8,11). The van der Waals surface area contributed by atoms with Crippen molar-refractivity contribution in [2.45, 2.75) is 4.34 Å². The fraction of sp³-hybridized carbons (Fsp3) is 0.500. The van der Waals surface area contributed by atoms with E-state index in [-0.39, 0.29) is 9.47 Å². The molecule has 0 aliphatic heterocycles. The predicted molar refractivity (Wildman–Crippen MR) is 56.8 cm³/mol. The van der Waals surface area contributed by atoms with Crippen LogP contribution in [0.3, 0.4) is 0 Å². The lowest BCUT2D eigenvalue weighted by Crippen LogP contribution is -2.30. The Labute approximate surface area is 96.1 Å². The van der Waals surface area contributed by atoms with E-state index in [1.54, 1.807) is 0 Å². The minimum atomic E-state index is -3.39. The molecule has 0 fully saturated rings. The van der Waals surface area contributed by atoms with Crippen molar-refractivity contribution in [2.24, 2.45) is 0 Å². The molecule has 10 heteroatoms. The number of hydrogen-bond donors (Lipinski definition) is 1. The van der Waals surface area contributed by atoms with E-state index in [1.807, 2.05) is 0 Å². The van der Waals surface area contributed by atoms with Gasteiger partial charge in [-0.05, 0) is 0 Å². The van der Waals surface area contributed by atoms with Crippen molar-refractivity contribution in [3.63, 3.8) is 0 Å². The number of hydrogen-bond acceptors (Lipinski definition) is 7. The molecule has 16 heavy (non-hydrogen) atoms. The molecule has 1 heterocycles. The van der Waals surface area contributed by atoms with Crippen LogP contribution in [0, 0.1) is 0 Å². The SMILES string of the molecule is CON(C)C(=O)Nc1nnc(S(C)(=O)=O)s1. The van der Waals surface area contributed by atoms with E-state index in [0.717, 1.165) is 22.7 Å². The van der Waals surface area contributed by atoms with Crippen molar-refractivity contribution in [3.8, 4) is 0 Å². The molecule has 0 aliphatic carbocycles.